The fourth-order valence-electron chi connectivity index (χ4n) is 9.19. The van der Waals surface area contributed by atoms with Crippen LogP contribution in [0.3, 0.4) is 0 Å². The van der Waals surface area contributed by atoms with Crippen molar-refractivity contribution in [1.82, 2.24) is 0 Å². The van der Waals surface area contributed by atoms with Gasteiger partial charge in [0.25, 0.3) is 0 Å². The molecule has 2 fully saturated rings. The maximum atomic E-state index is 13.1. The molecule has 0 bridgehead atoms. The number of aliphatic hydroxyl groups excluding tert-OH is 7. The molecule has 0 radical (unpaired) electrons. The standard InChI is InChI=1S/C62H108O14/c1-3-5-7-9-11-13-15-17-19-21-23-25-26-27-29-31-33-35-37-39-41-43-45-54(64)74-51(48-71-46-44-42-40-38-36-34-32-30-28-24-22-20-18-16-14-12-10-8-6-4-2)49-72-61-60(70)58(68)56(66)53(76-61)50-73-62-59(69)57(67)55(65)52(47-63)75-62/h6,8,12,14,18,20,24,28,32,34,38,40,51-53,55-63,65-70H,3-5,7,9-11,13,15-17,19,21-23,25-27,29-31,33,35-37,39,41-50H2,1-2H3/b8-6-,14-12-,20-18-,28-24-,34-32-,40-38-. The summed E-state index contributed by atoms with van der Waals surface area (Å²) in [4.78, 5) is 13.1. The first-order valence-corrected chi connectivity index (χ1v) is 30.0. The van der Waals surface area contributed by atoms with Crippen LogP contribution in [0.15, 0.2) is 72.9 Å². The molecule has 0 saturated carbocycles. The molecule has 0 aromatic rings. The number of hydrogen-bond acceptors (Lipinski definition) is 14. The van der Waals surface area contributed by atoms with E-state index in [1.165, 1.54) is 116 Å². The smallest absolute Gasteiger partial charge is 0.306 e. The van der Waals surface area contributed by atoms with Crippen molar-refractivity contribution >= 4 is 5.97 Å². The van der Waals surface area contributed by atoms with E-state index in [-0.39, 0.29) is 19.6 Å². The maximum Gasteiger partial charge on any atom is 0.306 e. The summed E-state index contributed by atoms with van der Waals surface area (Å²) in [5.74, 6) is -0.394. The molecule has 11 atom stereocenters. The first-order valence-electron chi connectivity index (χ1n) is 30.0. The molecule has 0 spiro atoms. The normalized spacial score (nSPS) is 25.0. The summed E-state index contributed by atoms with van der Waals surface area (Å²) in [7, 11) is 0. The Morgan fingerprint density at radius 2 is 0.842 bits per heavy atom. The number of aliphatic hydroxyl groups is 7. The van der Waals surface area contributed by atoms with Gasteiger partial charge in [0, 0.05) is 13.0 Å². The Hall–Kier alpha value is -2.57. The van der Waals surface area contributed by atoms with E-state index in [1.807, 2.05) is 0 Å². The van der Waals surface area contributed by atoms with Gasteiger partial charge in [0.2, 0.25) is 0 Å². The SMILES string of the molecule is CC/C=C\C/C=C\C/C=C\C/C=C\C/C=C\C/C=C\CCCOCC(COC1OC(COC2OC(CO)C(O)C(O)C2O)C(O)C(O)C1O)OC(=O)CCCCCCCCCCCCCCCCCCCCCCCC. The lowest BCUT2D eigenvalue weighted by atomic mass is 9.98. The average Bonchev–Trinajstić information content (AvgIpc) is 3.42. The first kappa shape index (κ1) is 69.5. The summed E-state index contributed by atoms with van der Waals surface area (Å²) < 4.78 is 34.3. The lowest BCUT2D eigenvalue weighted by Gasteiger charge is -2.42. The molecule has 76 heavy (non-hydrogen) atoms. The van der Waals surface area contributed by atoms with Crippen molar-refractivity contribution < 1.29 is 69.0 Å². The van der Waals surface area contributed by atoms with Crippen molar-refractivity contribution in [1.29, 1.82) is 0 Å². The second-order valence-corrected chi connectivity index (χ2v) is 20.8. The van der Waals surface area contributed by atoms with Gasteiger partial charge in [-0.15, -0.1) is 0 Å². The average molecular weight is 1080 g/mol. The Labute approximate surface area is 459 Å². The zero-order valence-electron chi connectivity index (χ0n) is 47.2. The molecule has 2 heterocycles. The highest BCUT2D eigenvalue weighted by Crippen LogP contribution is 2.27. The van der Waals surface area contributed by atoms with Crippen LogP contribution in [0.2, 0.25) is 0 Å². The molecule has 2 saturated heterocycles. The molecule has 0 aromatic heterocycles. The molecule has 11 unspecified atom stereocenters. The number of hydrogen-bond donors (Lipinski definition) is 7. The predicted molar refractivity (Wildman–Crippen MR) is 302 cm³/mol. The van der Waals surface area contributed by atoms with Gasteiger partial charge < -0.3 is 64.2 Å². The van der Waals surface area contributed by atoms with Crippen molar-refractivity contribution in [3.05, 3.63) is 72.9 Å². The molecule has 0 aliphatic carbocycles. The minimum absolute atomic E-state index is 0.0203. The van der Waals surface area contributed by atoms with Gasteiger partial charge in [-0.2, -0.15) is 0 Å². The van der Waals surface area contributed by atoms with Crippen molar-refractivity contribution in [3.63, 3.8) is 0 Å². The molecule has 2 aliphatic heterocycles. The Balaban J connectivity index is 1.73. The van der Waals surface area contributed by atoms with Crippen LogP contribution in [0.1, 0.15) is 213 Å². The second-order valence-electron chi connectivity index (χ2n) is 20.8. The lowest BCUT2D eigenvalue weighted by Crippen LogP contribution is -2.61. The summed E-state index contributed by atoms with van der Waals surface area (Å²) in [6.45, 7) is 3.44. The molecule has 2 rings (SSSR count). The molecule has 0 amide bonds. The van der Waals surface area contributed by atoms with Gasteiger partial charge in [-0.1, -0.05) is 222 Å². The van der Waals surface area contributed by atoms with Crippen LogP contribution in [0, 0.1) is 0 Å². The van der Waals surface area contributed by atoms with Crippen LogP contribution >= 0.6 is 0 Å². The monoisotopic (exact) mass is 1080 g/mol. The van der Waals surface area contributed by atoms with Crippen LogP contribution in [-0.2, 0) is 33.2 Å². The topological polar surface area (TPSA) is 214 Å². The van der Waals surface area contributed by atoms with E-state index in [0.717, 1.165) is 70.6 Å². The number of unbranched alkanes of at least 4 members (excludes halogenated alkanes) is 22. The van der Waals surface area contributed by atoms with Gasteiger partial charge in [0.05, 0.1) is 26.4 Å². The fourth-order valence-corrected chi connectivity index (χ4v) is 9.19. The zero-order valence-corrected chi connectivity index (χ0v) is 47.2. The number of ether oxygens (including phenoxy) is 6. The van der Waals surface area contributed by atoms with Crippen LogP contribution in [0.4, 0.5) is 0 Å². The predicted octanol–water partition coefficient (Wildman–Crippen LogP) is 11.0. The third-order valence-corrected chi connectivity index (χ3v) is 14.0. The number of carbonyl (C=O) groups is 1. The molecular weight excluding hydrogens is 969 g/mol. The van der Waals surface area contributed by atoms with Gasteiger partial charge in [0.15, 0.2) is 12.6 Å². The Morgan fingerprint density at radius 1 is 0.447 bits per heavy atom. The van der Waals surface area contributed by atoms with E-state index in [4.69, 9.17) is 28.4 Å². The Morgan fingerprint density at radius 3 is 1.29 bits per heavy atom. The van der Waals surface area contributed by atoms with Gasteiger partial charge in [-0.3, -0.25) is 4.79 Å². The second kappa shape index (κ2) is 48.3. The van der Waals surface area contributed by atoms with Crippen LogP contribution < -0.4 is 0 Å². The number of allylic oxidation sites excluding steroid dienone is 12. The third-order valence-electron chi connectivity index (χ3n) is 14.0. The number of carbonyl (C=O) groups excluding carboxylic acids is 1. The van der Waals surface area contributed by atoms with Crippen LogP contribution in [0.25, 0.3) is 0 Å². The Bertz CT molecular complexity index is 1530. The molecule has 2 aliphatic rings. The van der Waals surface area contributed by atoms with Crippen molar-refractivity contribution in [2.24, 2.45) is 0 Å². The van der Waals surface area contributed by atoms with E-state index >= 15 is 0 Å². The van der Waals surface area contributed by atoms with Crippen molar-refractivity contribution in [2.75, 3.05) is 33.0 Å². The summed E-state index contributed by atoms with van der Waals surface area (Å²) in [5, 5.41) is 72.4. The zero-order chi connectivity index (χ0) is 55.1. The molecule has 14 nitrogen and oxygen atoms in total. The number of esters is 1. The van der Waals surface area contributed by atoms with E-state index in [1.54, 1.807) is 0 Å². The van der Waals surface area contributed by atoms with Crippen molar-refractivity contribution in [2.45, 2.75) is 280 Å². The molecular formula is C62H108O14. The highest BCUT2D eigenvalue weighted by Gasteiger charge is 2.47. The van der Waals surface area contributed by atoms with Gasteiger partial charge in [-0.05, 0) is 57.8 Å². The van der Waals surface area contributed by atoms with Crippen molar-refractivity contribution in [3.8, 4) is 0 Å². The van der Waals surface area contributed by atoms with E-state index in [2.05, 4.69) is 86.8 Å². The van der Waals surface area contributed by atoms with Crippen LogP contribution in [0.5, 0.6) is 0 Å². The summed E-state index contributed by atoms with van der Waals surface area (Å²) in [5.41, 5.74) is 0. The first-order chi connectivity index (χ1) is 37.1. The summed E-state index contributed by atoms with van der Waals surface area (Å²) >= 11 is 0. The fraction of sp³-hybridized carbons (Fsp3) is 0.790. The quantitative estimate of drug-likeness (QED) is 0.0172. The summed E-state index contributed by atoms with van der Waals surface area (Å²) in [6.07, 6.45) is 45.5. The minimum Gasteiger partial charge on any atom is -0.457 e. The van der Waals surface area contributed by atoms with Gasteiger partial charge >= 0.3 is 5.97 Å². The van der Waals surface area contributed by atoms with Crippen LogP contribution in [-0.4, -0.2) is 142 Å². The summed E-state index contributed by atoms with van der Waals surface area (Å²) in [6, 6.07) is 0. The highest BCUT2D eigenvalue weighted by atomic mass is 16.7. The van der Waals surface area contributed by atoms with E-state index in [9.17, 15) is 40.5 Å². The highest BCUT2D eigenvalue weighted by molar-refractivity contribution is 5.69. The lowest BCUT2D eigenvalue weighted by molar-refractivity contribution is -0.332. The molecule has 440 valence electrons. The van der Waals surface area contributed by atoms with Gasteiger partial charge in [0.1, 0.15) is 54.9 Å². The molecule has 0 aromatic carbocycles. The maximum absolute atomic E-state index is 13.1. The van der Waals surface area contributed by atoms with E-state index in [0.29, 0.717) is 13.0 Å². The number of rotatable bonds is 48. The van der Waals surface area contributed by atoms with Gasteiger partial charge in [-0.25, -0.2) is 0 Å². The molecule has 14 heteroatoms. The largest absolute Gasteiger partial charge is 0.457 e. The Kier molecular flexibility index (Phi) is 44.2. The minimum atomic E-state index is -1.72. The third kappa shape index (κ3) is 34.4. The van der Waals surface area contributed by atoms with E-state index < -0.39 is 86.7 Å². The molecule has 7 N–H and O–H groups in total.